The number of aliphatic imine (C=N–C) groups is 1. The molecule has 1 atom stereocenters. The average molecular weight is 280 g/mol. The third kappa shape index (κ3) is 2.10. The van der Waals surface area contributed by atoms with E-state index in [-0.39, 0.29) is 0 Å². The van der Waals surface area contributed by atoms with Gasteiger partial charge in [0.15, 0.2) is 0 Å². The lowest BCUT2D eigenvalue weighted by molar-refractivity contribution is 0.246. The van der Waals surface area contributed by atoms with Crippen LogP contribution in [0, 0.1) is 5.92 Å². The third-order valence-electron chi connectivity index (χ3n) is 4.71. The van der Waals surface area contributed by atoms with Gasteiger partial charge in [0.2, 0.25) is 0 Å². The number of rotatable bonds is 1. The van der Waals surface area contributed by atoms with Gasteiger partial charge in [-0.3, -0.25) is 4.99 Å². The van der Waals surface area contributed by atoms with Gasteiger partial charge in [-0.2, -0.15) is 0 Å². The van der Waals surface area contributed by atoms with Crippen molar-refractivity contribution in [2.24, 2.45) is 10.9 Å². The van der Waals surface area contributed by atoms with E-state index < -0.39 is 0 Å². The minimum atomic E-state index is 0.564. The van der Waals surface area contributed by atoms with E-state index in [1.54, 1.807) is 0 Å². The van der Waals surface area contributed by atoms with Crippen molar-refractivity contribution in [1.29, 1.82) is 0 Å². The molecule has 4 heteroatoms. The highest BCUT2D eigenvalue weighted by Crippen LogP contribution is 2.38. The maximum absolute atomic E-state index is 6.13. The first-order chi connectivity index (χ1) is 10.2. The van der Waals surface area contributed by atoms with Crippen LogP contribution in [0.4, 0.5) is 11.5 Å². The molecule has 0 amide bonds. The van der Waals surface area contributed by atoms with Crippen molar-refractivity contribution in [3.05, 3.63) is 29.8 Å². The number of aromatic nitrogens is 1. The molecule has 2 aliphatic heterocycles. The van der Waals surface area contributed by atoms with Crippen molar-refractivity contribution in [2.75, 3.05) is 25.9 Å². The standard InChI is InChI=1S/C17H20N4/c1-21-8-4-5-11(10-21)15-9-13-12-6-2-3-7-14(12)20-17(18)16(13)19-15/h2-3,6-7,11H,4-5,8-10H2,1H3,(H2,18,20)/t11-/m0/s1. The van der Waals surface area contributed by atoms with Crippen LogP contribution in [0.25, 0.3) is 10.9 Å². The molecule has 0 radical (unpaired) electrons. The van der Waals surface area contributed by atoms with Gasteiger partial charge in [0.25, 0.3) is 0 Å². The molecule has 0 bridgehead atoms. The number of benzene rings is 1. The molecule has 0 spiro atoms. The Morgan fingerprint density at radius 3 is 3.00 bits per heavy atom. The number of nitrogens with zero attached hydrogens (tertiary/aromatic N) is 3. The van der Waals surface area contributed by atoms with E-state index >= 15 is 0 Å². The summed E-state index contributed by atoms with van der Waals surface area (Å²) in [5.74, 6) is 1.14. The van der Waals surface area contributed by atoms with Crippen LogP contribution in [0.5, 0.6) is 0 Å². The topological polar surface area (TPSA) is 54.5 Å². The second kappa shape index (κ2) is 4.81. The molecule has 21 heavy (non-hydrogen) atoms. The highest BCUT2D eigenvalue weighted by atomic mass is 15.1. The Kier molecular flexibility index (Phi) is 2.93. The maximum Gasteiger partial charge on any atom is 0.150 e. The predicted octanol–water partition coefficient (Wildman–Crippen LogP) is 2.79. The second-order valence-corrected chi connectivity index (χ2v) is 6.22. The summed E-state index contributed by atoms with van der Waals surface area (Å²) in [6, 6.07) is 8.23. The predicted molar refractivity (Wildman–Crippen MR) is 87.2 cm³/mol. The van der Waals surface area contributed by atoms with Crippen molar-refractivity contribution in [2.45, 2.75) is 19.3 Å². The molecule has 0 aliphatic carbocycles. The molecule has 1 fully saturated rings. The Balaban J connectivity index is 1.75. The smallest absolute Gasteiger partial charge is 0.150 e. The molecule has 4 rings (SSSR count). The highest BCUT2D eigenvalue weighted by Gasteiger charge is 2.28. The van der Waals surface area contributed by atoms with Crippen molar-refractivity contribution in [3.8, 4) is 0 Å². The summed E-state index contributed by atoms with van der Waals surface area (Å²) in [5.41, 5.74) is 10.6. The summed E-state index contributed by atoms with van der Waals surface area (Å²) >= 11 is 0. The van der Waals surface area contributed by atoms with Crippen LogP contribution in [0.15, 0.2) is 29.3 Å². The van der Waals surface area contributed by atoms with Gasteiger partial charge < -0.3 is 10.6 Å². The monoisotopic (exact) mass is 280 g/mol. The highest BCUT2D eigenvalue weighted by molar-refractivity contribution is 6.03. The lowest BCUT2D eigenvalue weighted by Crippen LogP contribution is -2.36. The summed E-state index contributed by atoms with van der Waals surface area (Å²) in [5, 5.41) is 1.20. The molecule has 1 saturated heterocycles. The third-order valence-corrected chi connectivity index (χ3v) is 4.71. The van der Waals surface area contributed by atoms with Crippen LogP contribution in [0.1, 0.15) is 18.4 Å². The van der Waals surface area contributed by atoms with Crippen LogP contribution < -0.4 is 5.73 Å². The quantitative estimate of drug-likeness (QED) is 0.874. The molecule has 3 heterocycles. The van der Waals surface area contributed by atoms with E-state index in [4.69, 9.17) is 10.7 Å². The Morgan fingerprint density at radius 1 is 1.29 bits per heavy atom. The number of para-hydroxylation sites is 1. The van der Waals surface area contributed by atoms with Gasteiger partial charge in [0.1, 0.15) is 11.5 Å². The van der Waals surface area contributed by atoms with Crippen molar-refractivity contribution >= 4 is 28.1 Å². The van der Waals surface area contributed by atoms with Gasteiger partial charge in [0, 0.05) is 30.0 Å². The van der Waals surface area contributed by atoms with E-state index in [0.717, 1.165) is 24.2 Å². The number of likely N-dealkylation sites (tertiary alicyclic amines) is 1. The molecule has 0 saturated carbocycles. The van der Waals surface area contributed by atoms with Crippen LogP contribution in [0.3, 0.4) is 0 Å². The van der Waals surface area contributed by atoms with E-state index in [0.29, 0.717) is 11.7 Å². The summed E-state index contributed by atoms with van der Waals surface area (Å²) in [6.07, 6.45) is 3.43. The van der Waals surface area contributed by atoms with Gasteiger partial charge >= 0.3 is 0 Å². The maximum atomic E-state index is 6.13. The Bertz CT molecular complexity index is 735. The van der Waals surface area contributed by atoms with Crippen molar-refractivity contribution < 1.29 is 0 Å². The molecule has 2 N–H and O–H groups in total. The second-order valence-electron chi connectivity index (χ2n) is 6.22. The molecule has 2 aromatic rings. The molecule has 108 valence electrons. The number of piperidine rings is 1. The number of hydrogen-bond acceptors (Lipinski definition) is 4. The number of nitrogen functional groups attached to an aromatic ring is 1. The molecule has 4 nitrogen and oxygen atoms in total. The Labute approximate surface area is 124 Å². The largest absolute Gasteiger partial charge is 0.382 e. The van der Waals surface area contributed by atoms with Gasteiger partial charge in [0.05, 0.1) is 5.52 Å². The number of nitrogens with two attached hydrogens (primary N) is 1. The average Bonchev–Trinajstić information content (AvgIpc) is 2.93. The Hall–Kier alpha value is -1.94. The number of anilines is 1. The minimum absolute atomic E-state index is 0.564. The molecular formula is C17H20N4. The summed E-state index contributed by atoms with van der Waals surface area (Å²) in [6.45, 7) is 2.31. The summed E-state index contributed by atoms with van der Waals surface area (Å²) < 4.78 is 0. The van der Waals surface area contributed by atoms with Gasteiger partial charge in [-0.05, 0) is 38.1 Å². The fraction of sp³-hybridized carbons (Fsp3) is 0.412. The van der Waals surface area contributed by atoms with Crippen LogP contribution in [-0.4, -0.2) is 35.7 Å². The van der Waals surface area contributed by atoms with E-state index in [1.165, 1.54) is 36.0 Å². The first kappa shape index (κ1) is 12.8. The SMILES string of the molecule is CN1CCC[C@H](C2=Nc3c(N)nc4ccccc4c3C2)C1. The zero-order chi connectivity index (χ0) is 14.4. The first-order valence-electron chi connectivity index (χ1n) is 7.65. The minimum Gasteiger partial charge on any atom is -0.382 e. The zero-order valence-corrected chi connectivity index (χ0v) is 12.3. The van der Waals surface area contributed by atoms with E-state index in [1.807, 2.05) is 12.1 Å². The lowest BCUT2D eigenvalue weighted by Gasteiger charge is -2.29. The van der Waals surface area contributed by atoms with Gasteiger partial charge in [-0.15, -0.1) is 0 Å². The fourth-order valence-corrected chi connectivity index (χ4v) is 3.63. The van der Waals surface area contributed by atoms with E-state index in [9.17, 15) is 0 Å². The number of hydrogen-bond donors (Lipinski definition) is 1. The molecular weight excluding hydrogens is 260 g/mol. The Morgan fingerprint density at radius 2 is 2.14 bits per heavy atom. The van der Waals surface area contributed by atoms with Gasteiger partial charge in [-0.1, -0.05) is 18.2 Å². The summed E-state index contributed by atoms with van der Waals surface area (Å²) in [7, 11) is 2.19. The van der Waals surface area contributed by atoms with Crippen molar-refractivity contribution in [1.82, 2.24) is 9.88 Å². The van der Waals surface area contributed by atoms with Gasteiger partial charge in [-0.25, -0.2) is 4.98 Å². The van der Waals surface area contributed by atoms with Crippen LogP contribution in [-0.2, 0) is 6.42 Å². The molecule has 0 unspecified atom stereocenters. The normalized spacial score (nSPS) is 22.3. The zero-order valence-electron chi connectivity index (χ0n) is 12.3. The van der Waals surface area contributed by atoms with Crippen LogP contribution in [0.2, 0.25) is 0 Å². The van der Waals surface area contributed by atoms with E-state index in [2.05, 4.69) is 29.1 Å². The number of pyridine rings is 1. The molecule has 1 aromatic carbocycles. The fourth-order valence-electron chi connectivity index (χ4n) is 3.63. The molecule has 2 aliphatic rings. The van der Waals surface area contributed by atoms with Crippen LogP contribution >= 0.6 is 0 Å². The van der Waals surface area contributed by atoms with Crippen molar-refractivity contribution in [3.63, 3.8) is 0 Å². The first-order valence-corrected chi connectivity index (χ1v) is 7.65. The number of fused-ring (bicyclic) bond motifs is 3. The lowest BCUT2D eigenvalue weighted by atomic mass is 9.90. The summed E-state index contributed by atoms with van der Waals surface area (Å²) in [4.78, 5) is 11.8. The molecule has 1 aromatic heterocycles.